The van der Waals surface area contributed by atoms with Crippen LogP contribution in [0.1, 0.15) is 34.5 Å². The van der Waals surface area contributed by atoms with E-state index in [-0.39, 0.29) is 6.54 Å². The topological polar surface area (TPSA) is 74.8 Å². The fourth-order valence-corrected chi connectivity index (χ4v) is 3.85. The number of sulfonamides is 1. The van der Waals surface area contributed by atoms with Gasteiger partial charge in [-0.25, -0.2) is 13.1 Å². The maximum Gasteiger partial charge on any atom is 0.240 e. The number of hydrogen-bond acceptors (Lipinski definition) is 3. The lowest BCUT2D eigenvalue weighted by Crippen LogP contribution is -2.24. The molecule has 1 aliphatic carbocycles. The molecule has 1 aromatic heterocycles. The summed E-state index contributed by atoms with van der Waals surface area (Å²) in [7, 11) is -3.48. The summed E-state index contributed by atoms with van der Waals surface area (Å²) in [5, 5.41) is 6.94. The largest absolute Gasteiger partial charge is 0.282 e. The number of rotatable bonds is 4. The van der Waals surface area contributed by atoms with Crippen LogP contribution in [-0.2, 0) is 29.4 Å². The molecule has 0 saturated carbocycles. The number of fused-ring (bicyclic) bond motifs is 1. The Morgan fingerprint density at radius 2 is 2.00 bits per heavy atom. The molecule has 1 heterocycles. The number of H-pyrrole nitrogens is 1. The molecule has 6 heteroatoms. The van der Waals surface area contributed by atoms with Crippen molar-refractivity contribution in [2.45, 2.75) is 44.6 Å². The molecule has 0 spiro atoms. The molecule has 0 aliphatic heterocycles. The second kappa shape index (κ2) is 5.27. The fourth-order valence-electron chi connectivity index (χ4n) is 2.80. The zero-order chi connectivity index (χ0) is 15.0. The molecule has 0 bridgehead atoms. The molecule has 0 atom stereocenters. The maximum atomic E-state index is 12.4. The Labute approximate surface area is 124 Å². The lowest BCUT2D eigenvalue weighted by molar-refractivity contribution is 0.581. The Hall–Kier alpha value is -1.66. The van der Waals surface area contributed by atoms with Crippen molar-refractivity contribution in [1.82, 2.24) is 14.9 Å². The number of nitrogens with zero attached hydrogens (tertiary/aromatic N) is 1. The summed E-state index contributed by atoms with van der Waals surface area (Å²) < 4.78 is 27.5. The summed E-state index contributed by atoms with van der Waals surface area (Å²) in [6, 6.07) is 5.44. The van der Waals surface area contributed by atoms with Crippen molar-refractivity contribution in [2.75, 3.05) is 0 Å². The third-order valence-electron chi connectivity index (χ3n) is 4.10. The highest BCUT2D eigenvalue weighted by molar-refractivity contribution is 7.89. The lowest BCUT2D eigenvalue weighted by Gasteiger charge is -2.09. The zero-order valence-electron chi connectivity index (χ0n) is 12.2. The lowest BCUT2D eigenvalue weighted by atomic mass is 10.1. The molecule has 112 valence electrons. The average Bonchev–Trinajstić information content (AvgIpc) is 3.03. The van der Waals surface area contributed by atoms with Crippen molar-refractivity contribution in [3.63, 3.8) is 0 Å². The average molecular weight is 305 g/mol. The highest BCUT2D eigenvalue weighted by atomic mass is 32.2. The minimum absolute atomic E-state index is 0.258. The van der Waals surface area contributed by atoms with E-state index in [1.807, 2.05) is 19.9 Å². The van der Waals surface area contributed by atoms with Crippen LogP contribution < -0.4 is 4.72 Å². The predicted octanol–water partition coefficient (Wildman–Crippen LogP) is 1.99. The van der Waals surface area contributed by atoms with Crippen LogP contribution in [0.2, 0.25) is 0 Å². The van der Waals surface area contributed by atoms with Crippen molar-refractivity contribution in [2.24, 2.45) is 0 Å². The van der Waals surface area contributed by atoms with Crippen LogP contribution in [0.15, 0.2) is 23.1 Å². The first-order valence-corrected chi connectivity index (χ1v) is 8.57. The number of aromatic nitrogens is 2. The molecule has 0 saturated heterocycles. The van der Waals surface area contributed by atoms with Crippen LogP contribution in [0.25, 0.3) is 0 Å². The number of benzene rings is 1. The monoisotopic (exact) mass is 305 g/mol. The van der Waals surface area contributed by atoms with E-state index < -0.39 is 10.0 Å². The summed E-state index contributed by atoms with van der Waals surface area (Å²) in [5.74, 6) is 0. The van der Waals surface area contributed by atoms with Gasteiger partial charge >= 0.3 is 0 Å². The summed E-state index contributed by atoms with van der Waals surface area (Å²) >= 11 is 0. The molecule has 2 N–H and O–H groups in total. The van der Waals surface area contributed by atoms with Crippen molar-refractivity contribution >= 4 is 10.0 Å². The van der Waals surface area contributed by atoms with E-state index >= 15 is 0 Å². The van der Waals surface area contributed by atoms with E-state index in [4.69, 9.17) is 0 Å². The number of hydrogen-bond donors (Lipinski definition) is 2. The van der Waals surface area contributed by atoms with Gasteiger partial charge in [-0.05, 0) is 56.4 Å². The summed E-state index contributed by atoms with van der Waals surface area (Å²) in [6.45, 7) is 4.01. The van der Waals surface area contributed by atoms with E-state index in [2.05, 4.69) is 14.9 Å². The maximum absolute atomic E-state index is 12.4. The van der Waals surface area contributed by atoms with Gasteiger partial charge in [0.25, 0.3) is 0 Å². The summed E-state index contributed by atoms with van der Waals surface area (Å²) in [4.78, 5) is 0.349. The molecule has 2 aromatic rings. The number of nitrogens with one attached hydrogen (secondary N) is 2. The van der Waals surface area contributed by atoms with Gasteiger partial charge in [0.2, 0.25) is 10.0 Å². The molecule has 1 aliphatic rings. The highest BCUT2D eigenvalue weighted by Crippen LogP contribution is 2.24. The van der Waals surface area contributed by atoms with E-state index in [0.717, 1.165) is 41.8 Å². The Kier molecular flexibility index (Phi) is 3.59. The van der Waals surface area contributed by atoms with E-state index in [1.165, 1.54) is 5.56 Å². The van der Waals surface area contributed by atoms with Crippen LogP contribution >= 0.6 is 0 Å². The summed E-state index contributed by atoms with van der Waals surface area (Å²) in [5.41, 5.74) is 5.05. The van der Waals surface area contributed by atoms with Gasteiger partial charge in [0.05, 0.1) is 10.6 Å². The van der Waals surface area contributed by atoms with Gasteiger partial charge in [-0.1, -0.05) is 6.07 Å². The van der Waals surface area contributed by atoms with Crippen molar-refractivity contribution in [3.05, 3.63) is 46.3 Å². The second-order valence-electron chi connectivity index (χ2n) is 5.52. The molecule has 21 heavy (non-hydrogen) atoms. The van der Waals surface area contributed by atoms with Gasteiger partial charge < -0.3 is 0 Å². The smallest absolute Gasteiger partial charge is 0.240 e. The molecule has 1 aromatic carbocycles. The quantitative estimate of drug-likeness (QED) is 0.907. The molecular weight excluding hydrogens is 286 g/mol. The normalized spacial score (nSPS) is 14.4. The van der Waals surface area contributed by atoms with Gasteiger partial charge in [0.1, 0.15) is 0 Å². The van der Waals surface area contributed by atoms with E-state index in [9.17, 15) is 8.42 Å². The standard InChI is InChI=1S/C15H19N3O2S/c1-10-15(11(2)18-17-10)9-16-21(19,20)14-7-6-12-4-3-5-13(12)8-14/h6-8,16H,3-5,9H2,1-2H3,(H,17,18). The Balaban J connectivity index is 1.81. The van der Waals surface area contributed by atoms with Crippen LogP contribution in [0.3, 0.4) is 0 Å². The van der Waals surface area contributed by atoms with E-state index in [0.29, 0.717) is 4.90 Å². The Morgan fingerprint density at radius 1 is 1.24 bits per heavy atom. The Bertz CT molecular complexity index is 759. The molecule has 0 radical (unpaired) electrons. The first-order chi connectivity index (χ1) is 9.97. The zero-order valence-corrected chi connectivity index (χ0v) is 13.0. The minimum Gasteiger partial charge on any atom is -0.282 e. The van der Waals surface area contributed by atoms with Crippen molar-refractivity contribution < 1.29 is 8.42 Å². The highest BCUT2D eigenvalue weighted by Gasteiger charge is 2.19. The van der Waals surface area contributed by atoms with Gasteiger partial charge in [-0.3, -0.25) is 5.10 Å². The van der Waals surface area contributed by atoms with Crippen LogP contribution in [0.4, 0.5) is 0 Å². The number of aryl methyl sites for hydroxylation is 4. The van der Waals surface area contributed by atoms with Crippen molar-refractivity contribution in [3.8, 4) is 0 Å². The molecule has 0 fully saturated rings. The Morgan fingerprint density at radius 3 is 2.71 bits per heavy atom. The van der Waals surface area contributed by atoms with Crippen LogP contribution in [0, 0.1) is 13.8 Å². The summed E-state index contributed by atoms with van der Waals surface area (Å²) in [6.07, 6.45) is 3.13. The molecule has 3 rings (SSSR count). The fraction of sp³-hybridized carbons (Fsp3) is 0.400. The third-order valence-corrected chi connectivity index (χ3v) is 5.50. The van der Waals surface area contributed by atoms with Crippen LogP contribution in [0.5, 0.6) is 0 Å². The van der Waals surface area contributed by atoms with Gasteiger partial charge in [0.15, 0.2) is 0 Å². The number of aromatic amines is 1. The van der Waals surface area contributed by atoms with Crippen molar-refractivity contribution in [1.29, 1.82) is 0 Å². The molecular formula is C15H19N3O2S. The van der Waals surface area contributed by atoms with Gasteiger partial charge in [0, 0.05) is 17.8 Å². The van der Waals surface area contributed by atoms with Crippen LogP contribution in [-0.4, -0.2) is 18.6 Å². The first kappa shape index (κ1) is 14.3. The molecule has 0 amide bonds. The van der Waals surface area contributed by atoms with Gasteiger partial charge in [-0.2, -0.15) is 5.10 Å². The predicted molar refractivity (Wildman–Crippen MR) is 80.6 cm³/mol. The SMILES string of the molecule is Cc1n[nH]c(C)c1CNS(=O)(=O)c1ccc2c(c1)CCC2. The second-order valence-corrected chi connectivity index (χ2v) is 7.29. The first-order valence-electron chi connectivity index (χ1n) is 7.09. The van der Waals surface area contributed by atoms with E-state index in [1.54, 1.807) is 12.1 Å². The van der Waals surface area contributed by atoms with Gasteiger partial charge in [-0.15, -0.1) is 0 Å². The molecule has 0 unspecified atom stereocenters. The molecule has 5 nitrogen and oxygen atoms in total. The minimum atomic E-state index is -3.48. The third kappa shape index (κ3) is 2.73.